The summed E-state index contributed by atoms with van der Waals surface area (Å²) in [4.78, 5) is 19.9. The molecule has 5 heteroatoms. The first-order valence-corrected chi connectivity index (χ1v) is 15.7. The van der Waals surface area contributed by atoms with Crippen LogP contribution in [0.15, 0.2) is 146 Å². The molecular weight excluding hydrogens is 569 g/mol. The molecule has 0 spiro atoms. The molecule has 3 heterocycles. The van der Waals surface area contributed by atoms with E-state index in [9.17, 15) is 0 Å². The minimum Gasteiger partial charge on any atom is -0.247 e. The average Bonchev–Trinajstić information content (AvgIpc) is 3.51. The van der Waals surface area contributed by atoms with Gasteiger partial charge < -0.3 is 0 Å². The Morgan fingerprint density at radius 1 is 0.356 bits per heavy atom. The molecule has 0 fully saturated rings. The molecule has 0 radical (unpaired) electrons. The Morgan fingerprint density at radius 3 is 1.53 bits per heavy atom. The molecule has 4 nitrogen and oxygen atoms in total. The first kappa shape index (κ1) is 25.7. The van der Waals surface area contributed by atoms with Crippen LogP contribution in [-0.2, 0) is 0 Å². The highest BCUT2D eigenvalue weighted by molar-refractivity contribution is 7.26. The summed E-state index contributed by atoms with van der Waals surface area (Å²) in [7, 11) is 0. The van der Waals surface area contributed by atoms with Gasteiger partial charge in [0.15, 0.2) is 17.5 Å². The summed E-state index contributed by atoms with van der Waals surface area (Å²) in [6, 6.07) is 50.2. The number of benzene rings is 6. The molecule has 0 N–H and O–H groups in total. The van der Waals surface area contributed by atoms with Gasteiger partial charge in [-0.25, -0.2) is 19.9 Å². The number of thiophene rings is 1. The van der Waals surface area contributed by atoms with Crippen molar-refractivity contribution in [3.63, 3.8) is 0 Å². The van der Waals surface area contributed by atoms with Gasteiger partial charge >= 0.3 is 0 Å². The molecule has 0 aliphatic rings. The molecule has 0 aliphatic carbocycles. The van der Waals surface area contributed by atoms with E-state index in [-0.39, 0.29) is 0 Å². The van der Waals surface area contributed by atoms with E-state index in [0.717, 1.165) is 38.9 Å². The number of pyridine rings is 1. The molecule has 0 amide bonds. The first-order chi connectivity index (χ1) is 22.3. The predicted molar refractivity (Wildman–Crippen MR) is 187 cm³/mol. The highest BCUT2D eigenvalue weighted by atomic mass is 32.1. The third-order valence-corrected chi connectivity index (χ3v) is 9.53. The van der Waals surface area contributed by atoms with Gasteiger partial charge in [-0.3, -0.25) is 0 Å². The lowest BCUT2D eigenvalue weighted by Gasteiger charge is -2.12. The van der Waals surface area contributed by atoms with Crippen molar-refractivity contribution in [2.24, 2.45) is 0 Å². The van der Waals surface area contributed by atoms with E-state index >= 15 is 0 Å². The van der Waals surface area contributed by atoms with Crippen molar-refractivity contribution in [1.29, 1.82) is 0 Å². The van der Waals surface area contributed by atoms with Crippen LogP contribution in [0.5, 0.6) is 0 Å². The van der Waals surface area contributed by atoms with E-state index in [2.05, 4.69) is 84.9 Å². The van der Waals surface area contributed by atoms with Crippen LogP contribution in [-0.4, -0.2) is 19.9 Å². The van der Waals surface area contributed by atoms with Crippen LogP contribution in [0, 0.1) is 0 Å². The third kappa shape index (κ3) is 4.36. The van der Waals surface area contributed by atoms with Gasteiger partial charge in [-0.1, -0.05) is 133 Å². The van der Waals surface area contributed by atoms with Crippen molar-refractivity contribution < 1.29 is 0 Å². The molecule has 210 valence electrons. The molecule has 6 aromatic carbocycles. The lowest BCUT2D eigenvalue weighted by atomic mass is 9.97. The largest absolute Gasteiger partial charge is 0.247 e. The van der Waals surface area contributed by atoms with Gasteiger partial charge in [0.25, 0.3) is 0 Å². The van der Waals surface area contributed by atoms with Gasteiger partial charge in [-0.15, -0.1) is 11.3 Å². The fourth-order valence-electron chi connectivity index (χ4n) is 6.15. The lowest BCUT2D eigenvalue weighted by molar-refractivity contribution is 1.07. The minimum atomic E-state index is 0.637. The maximum atomic E-state index is 5.21. The van der Waals surface area contributed by atoms with E-state index in [4.69, 9.17) is 19.9 Å². The van der Waals surface area contributed by atoms with Crippen LogP contribution in [0.4, 0.5) is 0 Å². The molecule has 0 atom stereocenters. The van der Waals surface area contributed by atoms with E-state index in [1.54, 1.807) is 0 Å². The monoisotopic (exact) mass is 592 g/mol. The third-order valence-electron chi connectivity index (χ3n) is 8.32. The second kappa shape index (κ2) is 10.4. The number of nitrogens with zero attached hydrogens (tertiary/aromatic N) is 4. The van der Waals surface area contributed by atoms with Crippen LogP contribution in [0.25, 0.3) is 87.3 Å². The Bertz CT molecular complexity index is 2460. The summed E-state index contributed by atoms with van der Waals surface area (Å²) in [5.41, 5.74) is 5.85. The van der Waals surface area contributed by atoms with Gasteiger partial charge in [0.1, 0.15) is 0 Å². The lowest BCUT2D eigenvalue weighted by Crippen LogP contribution is -2.00. The maximum Gasteiger partial charge on any atom is 0.164 e. The van der Waals surface area contributed by atoms with Crippen LogP contribution in [0.3, 0.4) is 0 Å². The standard InChI is InChI=1S/C40H24N4S/c1-3-11-26(12-4-1)38-42-39(27-13-5-2-6-14-27)44-40(43-38)28-21-19-25(20-22-28)36-32-24-23-30-29-15-8-10-18-34(29)45-37(30)35(32)31-16-7-9-17-33(31)41-36/h1-24H. The van der Waals surface area contributed by atoms with Crippen LogP contribution in [0.2, 0.25) is 0 Å². The fraction of sp³-hybridized carbons (Fsp3) is 0. The number of para-hydroxylation sites is 1. The summed E-state index contributed by atoms with van der Waals surface area (Å²) >= 11 is 1.86. The normalized spacial score (nSPS) is 11.6. The maximum absolute atomic E-state index is 5.21. The molecule has 0 aliphatic heterocycles. The zero-order valence-corrected chi connectivity index (χ0v) is 24.9. The molecule has 9 aromatic rings. The average molecular weight is 593 g/mol. The van der Waals surface area contributed by atoms with E-state index in [1.807, 2.05) is 72.0 Å². The molecule has 9 rings (SSSR count). The van der Waals surface area contributed by atoms with E-state index in [0.29, 0.717) is 17.5 Å². The number of hydrogen-bond donors (Lipinski definition) is 0. The van der Waals surface area contributed by atoms with Crippen LogP contribution in [0.1, 0.15) is 0 Å². The number of rotatable bonds is 4. The van der Waals surface area contributed by atoms with Crippen molar-refractivity contribution in [2.45, 2.75) is 0 Å². The van der Waals surface area contributed by atoms with Crippen LogP contribution < -0.4 is 0 Å². The SMILES string of the molecule is c1ccc(-c2nc(-c3ccccc3)nc(-c3ccc(-c4nc5ccccc5c5c4ccc4c6ccccc6sc45)cc3)n2)cc1. The second-order valence-corrected chi connectivity index (χ2v) is 12.1. The zero-order valence-electron chi connectivity index (χ0n) is 24.1. The predicted octanol–water partition coefficient (Wildman–Crippen LogP) is 10.6. The fourth-order valence-corrected chi connectivity index (χ4v) is 7.42. The van der Waals surface area contributed by atoms with Gasteiger partial charge in [0, 0.05) is 58.6 Å². The smallest absolute Gasteiger partial charge is 0.164 e. The highest BCUT2D eigenvalue weighted by Crippen LogP contribution is 2.43. The molecule has 0 saturated heterocycles. The zero-order chi connectivity index (χ0) is 29.7. The van der Waals surface area contributed by atoms with Crippen molar-refractivity contribution in [3.8, 4) is 45.4 Å². The Labute approximate surface area is 263 Å². The van der Waals surface area contributed by atoms with E-state index in [1.165, 1.54) is 30.9 Å². The second-order valence-electron chi connectivity index (χ2n) is 11.1. The Kier molecular flexibility index (Phi) is 5.96. The van der Waals surface area contributed by atoms with Crippen molar-refractivity contribution in [1.82, 2.24) is 19.9 Å². The van der Waals surface area contributed by atoms with Gasteiger partial charge in [-0.05, 0) is 12.1 Å². The molecular formula is C40H24N4S. The number of fused-ring (bicyclic) bond motifs is 7. The summed E-state index contributed by atoms with van der Waals surface area (Å²) in [5, 5.41) is 6.18. The van der Waals surface area contributed by atoms with Gasteiger partial charge in [0.05, 0.1) is 11.2 Å². The van der Waals surface area contributed by atoms with Crippen molar-refractivity contribution in [2.75, 3.05) is 0 Å². The quantitative estimate of drug-likeness (QED) is 0.191. The van der Waals surface area contributed by atoms with Crippen molar-refractivity contribution in [3.05, 3.63) is 146 Å². The molecule has 0 bridgehead atoms. The molecule has 3 aromatic heterocycles. The molecule has 0 saturated carbocycles. The number of aromatic nitrogens is 4. The summed E-state index contributed by atoms with van der Waals surface area (Å²) in [5.74, 6) is 1.94. The highest BCUT2D eigenvalue weighted by Gasteiger charge is 2.17. The topological polar surface area (TPSA) is 51.6 Å². The molecule has 0 unspecified atom stereocenters. The Hall–Kier alpha value is -5.78. The summed E-state index contributed by atoms with van der Waals surface area (Å²) < 4.78 is 2.60. The number of hydrogen-bond acceptors (Lipinski definition) is 5. The van der Waals surface area contributed by atoms with Crippen molar-refractivity contribution >= 4 is 53.2 Å². The summed E-state index contributed by atoms with van der Waals surface area (Å²) in [6.45, 7) is 0. The van der Waals surface area contributed by atoms with E-state index < -0.39 is 0 Å². The Morgan fingerprint density at radius 2 is 0.867 bits per heavy atom. The summed E-state index contributed by atoms with van der Waals surface area (Å²) in [6.07, 6.45) is 0. The van der Waals surface area contributed by atoms with Gasteiger partial charge in [-0.2, -0.15) is 0 Å². The van der Waals surface area contributed by atoms with Crippen LogP contribution >= 0.6 is 11.3 Å². The van der Waals surface area contributed by atoms with Gasteiger partial charge in [0.2, 0.25) is 0 Å². The minimum absolute atomic E-state index is 0.637. The Balaban J connectivity index is 1.21. The molecule has 45 heavy (non-hydrogen) atoms. The first-order valence-electron chi connectivity index (χ1n) is 14.9.